The van der Waals surface area contributed by atoms with E-state index in [-0.39, 0.29) is 5.72 Å². The molecule has 1 aliphatic heterocycles. The van der Waals surface area contributed by atoms with Crippen molar-refractivity contribution in [1.82, 2.24) is 4.90 Å². The Balaban J connectivity index is 3.06. The van der Waals surface area contributed by atoms with Gasteiger partial charge in [0.25, 0.3) is 0 Å². The molecule has 0 aromatic heterocycles. The molecule has 1 fully saturated rings. The highest BCUT2D eigenvalue weighted by Crippen LogP contribution is 2.42. The van der Waals surface area contributed by atoms with Gasteiger partial charge in [0.2, 0.25) is 0 Å². The molecule has 0 aliphatic carbocycles. The van der Waals surface area contributed by atoms with Crippen LogP contribution in [0.15, 0.2) is 0 Å². The molecular formula is C14H29NO. The third kappa shape index (κ3) is 2.14. The van der Waals surface area contributed by atoms with Crippen molar-refractivity contribution in [1.29, 1.82) is 0 Å². The number of ether oxygens (including phenoxy) is 1. The second-order valence-electron chi connectivity index (χ2n) is 5.89. The zero-order valence-corrected chi connectivity index (χ0v) is 12.1. The van der Waals surface area contributed by atoms with E-state index < -0.39 is 0 Å². The van der Waals surface area contributed by atoms with E-state index in [1.54, 1.807) is 0 Å². The lowest BCUT2D eigenvalue weighted by molar-refractivity contribution is -0.176. The molecule has 0 radical (unpaired) electrons. The molecule has 16 heavy (non-hydrogen) atoms. The summed E-state index contributed by atoms with van der Waals surface area (Å²) in [6.07, 6.45) is 1.53. The van der Waals surface area contributed by atoms with Crippen LogP contribution in [0.2, 0.25) is 0 Å². The summed E-state index contributed by atoms with van der Waals surface area (Å²) in [6, 6.07) is 0.557. The number of hydrogen-bond acceptors (Lipinski definition) is 2. The van der Waals surface area contributed by atoms with Crippen molar-refractivity contribution in [3.63, 3.8) is 0 Å². The molecule has 0 spiro atoms. The van der Waals surface area contributed by atoms with Gasteiger partial charge >= 0.3 is 0 Å². The van der Waals surface area contributed by atoms with Gasteiger partial charge < -0.3 is 4.74 Å². The van der Waals surface area contributed by atoms with Gasteiger partial charge in [0.1, 0.15) is 5.72 Å². The fourth-order valence-corrected chi connectivity index (χ4v) is 3.19. The predicted molar refractivity (Wildman–Crippen MR) is 69.4 cm³/mol. The average Bonchev–Trinajstić information content (AvgIpc) is 2.56. The van der Waals surface area contributed by atoms with Crippen LogP contribution in [0.25, 0.3) is 0 Å². The van der Waals surface area contributed by atoms with Gasteiger partial charge in [-0.15, -0.1) is 0 Å². The highest BCUT2D eigenvalue weighted by Gasteiger charge is 2.51. The molecule has 0 N–H and O–H groups in total. The SMILES string of the molecule is CCC(C)[C@@]1(C(C)C)O[C@H](C)CN1C(C)C. The van der Waals surface area contributed by atoms with Gasteiger partial charge in [-0.25, -0.2) is 0 Å². The van der Waals surface area contributed by atoms with Crippen LogP contribution < -0.4 is 0 Å². The Bertz CT molecular complexity index is 227. The second kappa shape index (κ2) is 5.05. The van der Waals surface area contributed by atoms with Crippen LogP contribution in [0.4, 0.5) is 0 Å². The smallest absolute Gasteiger partial charge is 0.127 e. The minimum Gasteiger partial charge on any atom is -0.356 e. The first kappa shape index (κ1) is 14.0. The van der Waals surface area contributed by atoms with Crippen molar-refractivity contribution in [3.05, 3.63) is 0 Å². The van der Waals surface area contributed by atoms with Crippen LogP contribution in [0.5, 0.6) is 0 Å². The summed E-state index contributed by atoms with van der Waals surface area (Å²) in [7, 11) is 0. The van der Waals surface area contributed by atoms with E-state index in [2.05, 4.69) is 53.4 Å². The third-order valence-electron chi connectivity index (χ3n) is 4.06. The summed E-state index contributed by atoms with van der Waals surface area (Å²) < 4.78 is 6.36. The summed E-state index contributed by atoms with van der Waals surface area (Å²) >= 11 is 0. The molecule has 1 aliphatic rings. The second-order valence-corrected chi connectivity index (χ2v) is 5.89. The maximum Gasteiger partial charge on any atom is 0.127 e. The summed E-state index contributed by atoms with van der Waals surface area (Å²) in [6.45, 7) is 17.0. The first-order chi connectivity index (χ1) is 7.36. The van der Waals surface area contributed by atoms with Crippen molar-refractivity contribution in [2.24, 2.45) is 11.8 Å². The number of nitrogens with zero attached hydrogens (tertiary/aromatic N) is 1. The lowest BCUT2D eigenvalue weighted by atomic mass is 9.83. The summed E-state index contributed by atoms with van der Waals surface area (Å²) in [5.74, 6) is 1.12. The minimum absolute atomic E-state index is 0.0532. The standard InChI is InChI=1S/C14H29NO/c1-8-12(6)14(10(2)3)15(11(4)5)9-13(7)16-14/h10-13H,8-9H2,1-7H3/t12?,13-,14-/m1/s1. The molecule has 0 aromatic carbocycles. The molecule has 2 nitrogen and oxygen atoms in total. The Morgan fingerprint density at radius 1 is 1.25 bits per heavy atom. The van der Waals surface area contributed by atoms with E-state index in [0.717, 1.165) is 6.54 Å². The van der Waals surface area contributed by atoms with Gasteiger partial charge in [-0.05, 0) is 39.0 Å². The fourth-order valence-electron chi connectivity index (χ4n) is 3.19. The average molecular weight is 227 g/mol. The first-order valence-electron chi connectivity index (χ1n) is 6.80. The molecule has 1 saturated heterocycles. The van der Waals surface area contributed by atoms with Gasteiger partial charge in [0.15, 0.2) is 0 Å². The van der Waals surface area contributed by atoms with Crippen LogP contribution in [-0.4, -0.2) is 29.3 Å². The number of hydrogen-bond donors (Lipinski definition) is 0. The van der Waals surface area contributed by atoms with Crippen molar-refractivity contribution in [2.75, 3.05) is 6.54 Å². The van der Waals surface area contributed by atoms with Crippen LogP contribution in [0.3, 0.4) is 0 Å². The van der Waals surface area contributed by atoms with Crippen LogP contribution in [0, 0.1) is 11.8 Å². The Labute approximate surface area is 101 Å². The third-order valence-corrected chi connectivity index (χ3v) is 4.06. The van der Waals surface area contributed by atoms with Crippen LogP contribution in [0.1, 0.15) is 54.9 Å². The van der Waals surface area contributed by atoms with Crippen molar-refractivity contribution < 1.29 is 4.74 Å². The Morgan fingerprint density at radius 3 is 2.19 bits per heavy atom. The van der Waals surface area contributed by atoms with Gasteiger partial charge in [0.05, 0.1) is 6.10 Å². The van der Waals surface area contributed by atoms with Crippen molar-refractivity contribution >= 4 is 0 Å². The molecule has 1 heterocycles. The first-order valence-corrected chi connectivity index (χ1v) is 6.80. The maximum absolute atomic E-state index is 6.36. The summed E-state index contributed by atoms with van der Waals surface area (Å²) in [4.78, 5) is 2.57. The van der Waals surface area contributed by atoms with Crippen LogP contribution in [-0.2, 0) is 4.74 Å². The molecule has 0 bridgehead atoms. The normalized spacial score (nSPS) is 33.9. The van der Waals surface area contributed by atoms with Gasteiger partial charge in [0, 0.05) is 12.6 Å². The Morgan fingerprint density at radius 2 is 1.81 bits per heavy atom. The molecular weight excluding hydrogens is 198 g/mol. The zero-order chi connectivity index (χ0) is 12.5. The van der Waals surface area contributed by atoms with E-state index in [1.165, 1.54) is 6.42 Å². The molecule has 96 valence electrons. The summed E-state index contributed by atoms with van der Waals surface area (Å²) in [5.41, 5.74) is -0.0532. The lowest BCUT2D eigenvalue weighted by Crippen LogP contribution is -2.56. The quantitative estimate of drug-likeness (QED) is 0.728. The monoisotopic (exact) mass is 227 g/mol. The fraction of sp³-hybridized carbons (Fsp3) is 1.00. The maximum atomic E-state index is 6.36. The Hall–Kier alpha value is -0.0800. The van der Waals surface area contributed by atoms with Gasteiger partial charge in [-0.2, -0.15) is 0 Å². The molecule has 1 unspecified atom stereocenters. The van der Waals surface area contributed by atoms with Crippen LogP contribution >= 0.6 is 0 Å². The molecule has 2 heteroatoms. The van der Waals surface area contributed by atoms with E-state index >= 15 is 0 Å². The van der Waals surface area contributed by atoms with Crippen molar-refractivity contribution in [3.8, 4) is 0 Å². The topological polar surface area (TPSA) is 12.5 Å². The zero-order valence-electron chi connectivity index (χ0n) is 12.1. The van der Waals surface area contributed by atoms with E-state index in [0.29, 0.717) is 24.0 Å². The lowest BCUT2D eigenvalue weighted by Gasteiger charge is -2.46. The minimum atomic E-state index is -0.0532. The Kier molecular flexibility index (Phi) is 4.42. The highest BCUT2D eigenvalue weighted by atomic mass is 16.5. The van der Waals surface area contributed by atoms with E-state index in [1.807, 2.05) is 0 Å². The molecule has 0 aromatic rings. The molecule has 0 amide bonds. The molecule has 3 atom stereocenters. The molecule has 0 saturated carbocycles. The van der Waals surface area contributed by atoms with Crippen molar-refractivity contribution in [2.45, 2.75) is 72.8 Å². The largest absolute Gasteiger partial charge is 0.356 e. The summed E-state index contributed by atoms with van der Waals surface area (Å²) in [5, 5.41) is 0. The van der Waals surface area contributed by atoms with Gasteiger partial charge in [-0.3, -0.25) is 4.90 Å². The van der Waals surface area contributed by atoms with E-state index in [4.69, 9.17) is 4.74 Å². The highest BCUT2D eigenvalue weighted by molar-refractivity contribution is 4.96. The van der Waals surface area contributed by atoms with E-state index in [9.17, 15) is 0 Å². The molecule has 1 rings (SSSR count). The predicted octanol–water partition coefficient (Wildman–Crippen LogP) is 3.51. The number of rotatable bonds is 4. The van der Waals surface area contributed by atoms with Gasteiger partial charge in [-0.1, -0.05) is 27.7 Å².